The van der Waals surface area contributed by atoms with Crippen molar-refractivity contribution in [3.63, 3.8) is 0 Å². The molecule has 1 saturated heterocycles. The maximum Gasteiger partial charge on any atom is 0.472 e. The highest BCUT2D eigenvalue weighted by atomic mass is 31.2. The van der Waals surface area contributed by atoms with Crippen LogP contribution in [0.15, 0.2) is 12.2 Å². The summed E-state index contributed by atoms with van der Waals surface area (Å²) in [4.78, 5) is 35.7. The molecule has 10 atom stereocenters. The number of rotatable bonds is 38. The van der Waals surface area contributed by atoms with Gasteiger partial charge in [0.15, 0.2) is 6.10 Å². The molecule has 1 heterocycles. The Bertz CT molecular complexity index is 1170. The summed E-state index contributed by atoms with van der Waals surface area (Å²) in [6.45, 7) is 3.26. The van der Waals surface area contributed by atoms with E-state index in [1.54, 1.807) is 0 Å². The van der Waals surface area contributed by atoms with E-state index >= 15 is 0 Å². The Morgan fingerprint density at radius 3 is 1.60 bits per heavy atom. The van der Waals surface area contributed by atoms with E-state index in [0.29, 0.717) is 25.0 Å². The van der Waals surface area contributed by atoms with E-state index in [1.807, 2.05) is 0 Å². The molecule has 1 aliphatic carbocycles. The number of aliphatic hydroxyl groups is 5. The maximum absolute atomic E-state index is 12.8. The average Bonchev–Trinajstić information content (AvgIpc) is 3.99. The minimum Gasteiger partial charge on any atom is -0.462 e. The van der Waals surface area contributed by atoms with Crippen LogP contribution < -0.4 is 0 Å². The Kier molecular flexibility index (Phi) is 30.2. The summed E-state index contributed by atoms with van der Waals surface area (Å²) in [6, 6.07) is 0. The third-order valence-electron chi connectivity index (χ3n) is 11.5. The van der Waals surface area contributed by atoms with Crippen molar-refractivity contribution in [2.45, 2.75) is 249 Å². The number of unbranched alkanes of at least 4 members (excludes halogenated alkanes) is 21. The van der Waals surface area contributed by atoms with Crippen LogP contribution in [-0.2, 0) is 37.4 Å². The van der Waals surface area contributed by atoms with Crippen LogP contribution >= 0.6 is 7.82 Å². The van der Waals surface area contributed by atoms with Crippen LogP contribution in [0.2, 0.25) is 0 Å². The number of carbonyl (C=O) groups is 2. The molecular formula is C45H83O14P. The number of phosphoric ester groups is 1. The quantitative estimate of drug-likeness (QED) is 0.0114. The number of epoxide rings is 1. The monoisotopic (exact) mass is 879 g/mol. The largest absolute Gasteiger partial charge is 0.472 e. The second-order valence-corrected chi connectivity index (χ2v) is 18.4. The number of hydrogen-bond acceptors (Lipinski definition) is 13. The number of phosphoric acid groups is 1. The topological polar surface area (TPSA) is 222 Å². The van der Waals surface area contributed by atoms with Crippen molar-refractivity contribution < 1.29 is 67.8 Å². The van der Waals surface area contributed by atoms with Gasteiger partial charge < -0.3 is 44.6 Å². The van der Waals surface area contributed by atoms with Crippen LogP contribution in [0, 0.1) is 0 Å². The second-order valence-electron chi connectivity index (χ2n) is 17.0. The van der Waals surface area contributed by atoms with Gasteiger partial charge in [-0.05, 0) is 38.5 Å². The molecular weight excluding hydrogens is 795 g/mol. The predicted molar refractivity (Wildman–Crippen MR) is 230 cm³/mol. The van der Waals surface area contributed by atoms with Crippen molar-refractivity contribution in [1.29, 1.82) is 0 Å². The third kappa shape index (κ3) is 25.0. The normalized spacial score (nSPS) is 25.6. The van der Waals surface area contributed by atoms with Crippen molar-refractivity contribution in [3.8, 4) is 0 Å². The smallest absolute Gasteiger partial charge is 0.462 e. The highest BCUT2D eigenvalue weighted by molar-refractivity contribution is 7.47. The molecule has 6 N–H and O–H groups in total. The minimum atomic E-state index is -5.12. The lowest BCUT2D eigenvalue weighted by Crippen LogP contribution is -2.64. The van der Waals surface area contributed by atoms with E-state index in [0.717, 1.165) is 64.2 Å². The lowest BCUT2D eigenvalue weighted by molar-refractivity contribution is -0.220. The molecule has 0 bridgehead atoms. The fraction of sp³-hybridized carbons (Fsp3) is 0.911. The van der Waals surface area contributed by atoms with E-state index in [2.05, 4.69) is 26.0 Å². The summed E-state index contributed by atoms with van der Waals surface area (Å²) in [7, 11) is -5.12. The van der Waals surface area contributed by atoms with Crippen LogP contribution in [0.4, 0.5) is 0 Å². The Balaban J connectivity index is 1.70. The number of esters is 2. The molecule has 2 aliphatic rings. The molecule has 0 aromatic carbocycles. The molecule has 2 fully saturated rings. The number of ether oxygens (including phenoxy) is 3. The fourth-order valence-corrected chi connectivity index (χ4v) is 8.56. The van der Waals surface area contributed by atoms with Crippen LogP contribution in [0.1, 0.15) is 194 Å². The van der Waals surface area contributed by atoms with Gasteiger partial charge in [0.1, 0.15) is 43.2 Å². The molecule has 0 aromatic heterocycles. The van der Waals surface area contributed by atoms with Gasteiger partial charge in [0.05, 0.1) is 18.8 Å². The van der Waals surface area contributed by atoms with Gasteiger partial charge in [-0.25, -0.2) is 4.57 Å². The Morgan fingerprint density at radius 2 is 1.05 bits per heavy atom. The number of allylic oxidation sites excluding steroid dienone is 1. The van der Waals surface area contributed by atoms with Gasteiger partial charge in [-0.1, -0.05) is 154 Å². The number of hydrogen-bond donors (Lipinski definition) is 6. The lowest BCUT2D eigenvalue weighted by atomic mass is 9.85. The molecule has 1 saturated carbocycles. The summed E-state index contributed by atoms with van der Waals surface area (Å²) in [6.07, 6.45) is 21.4. The fourth-order valence-electron chi connectivity index (χ4n) is 7.59. The highest BCUT2D eigenvalue weighted by Gasteiger charge is 2.51. The molecule has 5 unspecified atom stereocenters. The molecule has 0 radical (unpaired) electrons. The summed E-state index contributed by atoms with van der Waals surface area (Å²) >= 11 is 0. The molecule has 0 amide bonds. The molecule has 352 valence electrons. The van der Waals surface area contributed by atoms with Crippen LogP contribution in [0.3, 0.4) is 0 Å². The summed E-state index contributed by atoms with van der Waals surface area (Å²) in [5.74, 6) is -1.11. The van der Waals surface area contributed by atoms with E-state index in [1.165, 1.54) is 89.9 Å². The summed E-state index contributed by atoms with van der Waals surface area (Å²) in [5, 5.41) is 50.2. The SMILES string of the molecule is CCCCC/C=C\CC1OC1CCCCCCCC(=O)O[C@H](COC(=O)CCCCCCCCCCCCCCCCC)COP(=O)(O)OC1[C@H](O)[C@H](O)C(O)[C@H](O)[C@H]1O. The standard InChI is InChI=1S/C45H83O14P/c1-3-5-7-9-11-12-13-14-15-16-17-18-19-23-27-31-38(46)55-33-35(34-56-60(53,54)59-45-43(51)41(49)40(48)42(50)44(45)52)57-39(47)32-28-24-20-22-26-30-37-36(58-37)29-25-21-10-8-6-4-2/h21,25,35-37,40-45,48-52H,3-20,22-24,26-34H2,1-2H3,(H,53,54)/b25-21-/t35-,36?,37?,40?,41-,42+,43-,44-,45?/m1/s1. The lowest BCUT2D eigenvalue weighted by Gasteiger charge is -2.41. The molecule has 60 heavy (non-hydrogen) atoms. The van der Waals surface area contributed by atoms with Crippen molar-refractivity contribution >= 4 is 19.8 Å². The first kappa shape index (κ1) is 54.7. The molecule has 1 aliphatic heterocycles. The molecule has 2 rings (SSSR count). The van der Waals surface area contributed by atoms with Crippen LogP contribution in [-0.4, -0.2) is 111 Å². The van der Waals surface area contributed by atoms with Gasteiger partial charge in [-0.3, -0.25) is 18.6 Å². The third-order valence-corrected chi connectivity index (χ3v) is 12.5. The molecule has 0 aromatic rings. The predicted octanol–water partition coefficient (Wildman–Crippen LogP) is 8.05. The van der Waals surface area contributed by atoms with E-state index < -0.39 is 75.7 Å². The second kappa shape index (κ2) is 33.1. The van der Waals surface area contributed by atoms with Crippen LogP contribution in [0.25, 0.3) is 0 Å². The van der Waals surface area contributed by atoms with Gasteiger partial charge in [0.25, 0.3) is 0 Å². The zero-order chi connectivity index (χ0) is 44.0. The van der Waals surface area contributed by atoms with E-state index in [-0.39, 0.29) is 12.8 Å². The van der Waals surface area contributed by atoms with Gasteiger partial charge in [-0.2, -0.15) is 0 Å². The Labute approximate surface area is 360 Å². The average molecular weight is 879 g/mol. The van der Waals surface area contributed by atoms with Crippen LogP contribution in [0.5, 0.6) is 0 Å². The molecule has 0 spiro atoms. The van der Waals surface area contributed by atoms with Crippen molar-refractivity contribution in [1.82, 2.24) is 0 Å². The number of carbonyl (C=O) groups excluding carboxylic acids is 2. The first-order valence-corrected chi connectivity index (χ1v) is 25.1. The van der Waals surface area contributed by atoms with Gasteiger partial charge >= 0.3 is 19.8 Å². The Hall–Kier alpha value is -1.45. The van der Waals surface area contributed by atoms with Crippen molar-refractivity contribution in [2.75, 3.05) is 13.2 Å². The highest BCUT2D eigenvalue weighted by Crippen LogP contribution is 2.47. The molecule has 15 heteroatoms. The van der Waals surface area contributed by atoms with Crippen molar-refractivity contribution in [3.05, 3.63) is 12.2 Å². The minimum absolute atomic E-state index is 0.0772. The van der Waals surface area contributed by atoms with Crippen molar-refractivity contribution in [2.24, 2.45) is 0 Å². The summed E-state index contributed by atoms with van der Waals surface area (Å²) < 4.78 is 39.3. The zero-order valence-corrected chi connectivity index (χ0v) is 37.9. The Morgan fingerprint density at radius 1 is 0.583 bits per heavy atom. The van der Waals surface area contributed by atoms with Gasteiger partial charge in [-0.15, -0.1) is 0 Å². The van der Waals surface area contributed by atoms with E-state index in [4.69, 9.17) is 23.3 Å². The van der Waals surface area contributed by atoms with Gasteiger partial charge in [0, 0.05) is 12.8 Å². The zero-order valence-electron chi connectivity index (χ0n) is 37.0. The number of aliphatic hydroxyl groups excluding tert-OH is 5. The van der Waals surface area contributed by atoms with Gasteiger partial charge in [0.2, 0.25) is 0 Å². The first-order chi connectivity index (χ1) is 28.9. The maximum atomic E-state index is 12.8. The van der Waals surface area contributed by atoms with E-state index in [9.17, 15) is 44.6 Å². The first-order valence-electron chi connectivity index (χ1n) is 23.6. The summed E-state index contributed by atoms with van der Waals surface area (Å²) in [5.41, 5.74) is 0. The molecule has 14 nitrogen and oxygen atoms in total.